The van der Waals surface area contributed by atoms with Crippen LogP contribution in [-0.2, 0) is 11.2 Å². The quantitative estimate of drug-likeness (QED) is 0.721. The number of nitrogens with zero attached hydrogens (tertiary/aromatic N) is 2. The molecular weight excluding hydrogens is 361 g/mol. The molecule has 3 aromatic rings. The average molecular weight is 370 g/mol. The summed E-state index contributed by atoms with van der Waals surface area (Å²) in [6.07, 6.45) is 3.55. The lowest BCUT2D eigenvalue weighted by Gasteiger charge is -2.02. The number of thiazole rings is 2. The minimum absolute atomic E-state index is 0.129. The van der Waals surface area contributed by atoms with E-state index in [4.69, 9.17) is 23.2 Å². The fraction of sp³-hybridized carbons (Fsp3) is 0.0714. The summed E-state index contributed by atoms with van der Waals surface area (Å²) in [5.74, 6) is -0.129. The van der Waals surface area contributed by atoms with Crippen LogP contribution in [0.5, 0.6) is 0 Å². The van der Waals surface area contributed by atoms with Gasteiger partial charge < -0.3 is 5.32 Å². The van der Waals surface area contributed by atoms with Gasteiger partial charge in [0.2, 0.25) is 5.91 Å². The predicted octanol–water partition coefficient (Wildman–Crippen LogP) is 4.75. The molecule has 112 valence electrons. The van der Waals surface area contributed by atoms with E-state index in [-0.39, 0.29) is 12.3 Å². The lowest BCUT2D eigenvalue weighted by atomic mass is 10.2. The molecule has 1 N–H and O–H groups in total. The molecule has 1 amide bonds. The molecule has 3 rings (SSSR count). The molecule has 0 saturated heterocycles. The number of halogens is 2. The number of carbonyl (C=O) groups excluding carboxylic acids is 1. The Morgan fingerprint density at radius 3 is 2.68 bits per heavy atom. The number of hydrogen-bond donors (Lipinski definition) is 1. The summed E-state index contributed by atoms with van der Waals surface area (Å²) in [6.45, 7) is 0. The third kappa shape index (κ3) is 3.47. The Morgan fingerprint density at radius 2 is 2.00 bits per heavy atom. The number of nitrogens with one attached hydrogen (secondary N) is 1. The first-order chi connectivity index (χ1) is 10.6. The van der Waals surface area contributed by atoms with Gasteiger partial charge in [-0.1, -0.05) is 29.3 Å². The van der Waals surface area contributed by atoms with E-state index in [9.17, 15) is 4.79 Å². The maximum atomic E-state index is 11.9. The summed E-state index contributed by atoms with van der Waals surface area (Å²) >= 11 is 15.1. The van der Waals surface area contributed by atoms with Crippen molar-refractivity contribution in [1.82, 2.24) is 9.97 Å². The van der Waals surface area contributed by atoms with E-state index < -0.39 is 0 Å². The monoisotopic (exact) mass is 369 g/mol. The van der Waals surface area contributed by atoms with Crippen LogP contribution < -0.4 is 5.32 Å². The molecule has 1 aromatic carbocycles. The number of benzene rings is 1. The molecule has 0 bridgehead atoms. The Morgan fingerprint density at radius 1 is 1.23 bits per heavy atom. The Bertz CT molecular complexity index is 782. The zero-order chi connectivity index (χ0) is 15.5. The van der Waals surface area contributed by atoms with Crippen molar-refractivity contribution in [3.8, 4) is 10.6 Å². The van der Waals surface area contributed by atoms with Crippen molar-refractivity contribution in [3.05, 3.63) is 50.9 Å². The number of amides is 1. The average Bonchev–Trinajstić information content (AvgIpc) is 3.11. The Balaban J connectivity index is 1.75. The molecular formula is C14H9Cl2N3OS2. The fourth-order valence-corrected chi connectivity index (χ4v) is 4.03. The smallest absolute Gasteiger partial charge is 0.231 e. The van der Waals surface area contributed by atoms with Crippen molar-refractivity contribution in [1.29, 1.82) is 0 Å². The van der Waals surface area contributed by atoms with Crippen LogP contribution in [0.4, 0.5) is 5.13 Å². The van der Waals surface area contributed by atoms with Crippen LogP contribution in [0.25, 0.3) is 10.6 Å². The van der Waals surface area contributed by atoms with Gasteiger partial charge in [-0.3, -0.25) is 4.79 Å². The highest BCUT2D eigenvalue weighted by atomic mass is 35.5. The van der Waals surface area contributed by atoms with Gasteiger partial charge >= 0.3 is 0 Å². The number of anilines is 1. The molecule has 2 aromatic heterocycles. The zero-order valence-electron chi connectivity index (χ0n) is 11.0. The molecule has 0 aliphatic heterocycles. The summed E-state index contributed by atoms with van der Waals surface area (Å²) in [5, 5.41) is 6.92. The summed E-state index contributed by atoms with van der Waals surface area (Å²) in [7, 11) is 0. The van der Waals surface area contributed by atoms with E-state index in [2.05, 4.69) is 15.3 Å². The molecule has 0 aliphatic carbocycles. The van der Waals surface area contributed by atoms with Crippen molar-refractivity contribution in [3.63, 3.8) is 0 Å². The van der Waals surface area contributed by atoms with Gasteiger partial charge in [0.15, 0.2) is 5.13 Å². The van der Waals surface area contributed by atoms with Gasteiger partial charge in [-0.15, -0.1) is 22.7 Å². The summed E-state index contributed by atoms with van der Waals surface area (Å²) in [5.41, 5.74) is 0.697. The maximum Gasteiger partial charge on any atom is 0.231 e. The van der Waals surface area contributed by atoms with E-state index >= 15 is 0 Å². The lowest BCUT2D eigenvalue weighted by molar-refractivity contribution is -0.115. The Labute approximate surface area is 144 Å². The molecule has 0 saturated carbocycles. The van der Waals surface area contributed by atoms with E-state index in [0.717, 1.165) is 4.88 Å². The minimum Gasteiger partial charge on any atom is -0.302 e. The molecule has 0 unspecified atom stereocenters. The van der Waals surface area contributed by atoms with E-state index in [1.165, 1.54) is 22.7 Å². The molecule has 8 heteroatoms. The molecule has 0 fully saturated rings. The first-order valence-electron chi connectivity index (χ1n) is 6.22. The number of hydrogen-bond acceptors (Lipinski definition) is 5. The maximum absolute atomic E-state index is 11.9. The predicted molar refractivity (Wildman–Crippen MR) is 92.0 cm³/mol. The van der Waals surface area contributed by atoms with Gasteiger partial charge in [0.25, 0.3) is 0 Å². The highest BCUT2D eigenvalue weighted by molar-refractivity contribution is 7.15. The zero-order valence-corrected chi connectivity index (χ0v) is 14.2. The molecule has 22 heavy (non-hydrogen) atoms. The standard InChI is InChI=1S/C14H9Cl2N3OS2/c15-9-2-1-3-10(16)12(9)13-18-7-8(22-13)6-11(20)19-14-17-4-5-21-14/h1-5,7H,6H2,(H,17,19,20). The topological polar surface area (TPSA) is 54.9 Å². The van der Waals surface area contributed by atoms with Gasteiger partial charge in [0, 0.05) is 28.2 Å². The normalized spacial score (nSPS) is 10.6. The van der Waals surface area contributed by atoms with E-state index in [1.807, 2.05) is 0 Å². The second kappa shape index (κ2) is 6.75. The van der Waals surface area contributed by atoms with Gasteiger partial charge in [0.1, 0.15) is 5.01 Å². The van der Waals surface area contributed by atoms with Crippen LogP contribution in [0.1, 0.15) is 4.88 Å². The van der Waals surface area contributed by atoms with Crippen LogP contribution in [0.2, 0.25) is 10.0 Å². The Kier molecular flexibility index (Phi) is 4.73. The summed E-state index contributed by atoms with van der Waals surface area (Å²) in [6, 6.07) is 5.31. The van der Waals surface area contributed by atoms with E-state index in [1.54, 1.807) is 36.0 Å². The lowest BCUT2D eigenvalue weighted by Crippen LogP contribution is -2.13. The van der Waals surface area contributed by atoms with Crippen molar-refractivity contribution in [2.75, 3.05) is 5.32 Å². The number of rotatable bonds is 4. The van der Waals surface area contributed by atoms with Gasteiger partial charge in [-0.2, -0.15) is 0 Å². The van der Waals surface area contributed by atoms with Gasteiger partial charge in [0.05, 0.1) is 16.5 Å². The van der Waals surface area contributed by atoms with Crippen molar-refractivity contribution < 1.29 is 4.79 Å². The van der Waals surface area contributed by atoms with Crippen LogP contribution in [0.3, 0.4) is 0 Å². The third-order valence-corrected chi connectivity index (χ3v) is 5.08. The molecule has 0 aliphatic rings. The highest BCUT2D eigenvalue weighted by Gasteiger charge is 2.14. The van der Waals surface area contributed by atoms with Crippen molar-refractivity contribution in [2.24, 2.45) is 0 Å². The third-order valence-electron chi connectivity index (χ3n) is 2.74. The minimum atomic E-state index is -0.129. The van der Waals surface area contributed by atoms with Crippen molar-refractivity contribution in [2.45, 2.75) is 6.42 Å². The van der Waals surface area contributed by atoms with Crippen LogP contribution >= 0.6 is 45.9 Å². The second-order valence-electron chi connectivity index (χ2n) is 4.29. The highest BCUT2D eigenvalue weighted by Crippen LogP contribution is 2.36. The molecule has 4 nitrogen and oxygen atoms in total. The fourth-order valence-electron chi connectivity index (χ4n) is 1.81. The van der Waals surface area contributed by atoms with Crippen LogP contribution in [-0.4, -0.2) is 15.9 Å². The molecule has 0 radical (unpaired) electrons. The Hall–Kier alpha value is -1.47. The van der Waals surface area contributed by atoms with Crippen molar-refractivity contribution >= 4 is 56.9 Å². The molecule has 0 spiro atoms. The van der Waals surface area contributed by atoms with Crippen LogP contribution in [0.15, 0.2) is 36.0 Å². The number of carbonyl (C=O) groups is 1. The number of aromatic nitrogens is 2. The summed E-state index contributed by atoms with van der Waals surface area (Å²) < 4.78 is 0. The van der Waals surface area contributed by atoms with E-state index in [0.29, 0.717) is 25.7 Å². The van der Waals surface area contributed by atoms with Gasteiger partial charge in [-0.25, -0.2) is 9.97 Å². The van der Waals surface area contributed by atoms with Crippen LogP contribution in [0, 0.1) is 0 Å². The second-order valence-corrected chi connectivity index (χ2v) is 7.11. The first kappa shape index (κ1) is 15.4. The molecule has 2 heterocycles. The van der Waals surface area contributed by atoms with Gasteiger partial charge in [-0.05, 0) is 12.1 Å². The SMILES string of the molecule is O=C(Cc1cnc(-c2c(Cl)cccc2Cl)s1)Nc1nccs1. The largest absolute Gasteiger partial charge is 0.302 e. The first-order valence-corrected chi connectivity index (χ1v) is 8.67. The summed E-state index contributed by atoms with van der Waals surface area (Å²) in [4.78, 5) is 21.1. The molecule has 0 atom stereocenters.